The third kappa shape index (κ3) is 3.58. The number of hydrogen-bond donors (Lipinski definition) is 0. The van der Waals surface area contributed by atoms with Crippen LogP contribution in [-0.4, -0.2) is 50.1 Å². The molecular formula is C12H26N2. The van der Waals surface area contributed by atoms with Gasteiger partial charge in [-0.2, -0.15) is 0 Å². The van der Waals surface area contributed by atoms with Crippen molar-refractivity contribution in [3.63, 3.8) is 0 Å². The van der Waals surface area contributed by atoms with Gasteiger partial charge in [0.1, 0.15) is 0 Å². The Kier molecular flexibility index (Phi) is 4.90. The summed E-state index contributed by atoms with van der Waals surface area (Å²) in [5, 5.41) is 0. The fourth-order valence-corrected chi connectivity index (χ4v) is 2.40. The van der Waals surface area contributed by atoms with Crippen molar-refractivity contribution >= 4 is 0 Å². The predicted octanol–water partition coefficient (Wildman–Crippen LogP) is 2.06. The van der Waals surface area contributed by atoms with E-state index in [0.29, 0.717) is 0 Å². The molecule has 2 atom stereocenters. The van der Waals surface area contributed by atoms with Crippen LogP contribution in [0.4, 0.5) is 0 Å². The van der Waals surface area contributed by atoms with Crippen LogP contribution in [0.3, 0.4) is 0 Å². The first-order chi connectivity index (χ1) is 6.63. The molecule has 2 heteroatoms. The minimum atomic E-state index is 0.834. The summed E-state index contributed by atoms with van der Waals surface area (Å²) in [4.78, 5) is 4.86. The maximum absolute atomic E-state index is 2.57. The van der Waals surface area contributed by atoms with Gasteiger partial charge in [-0.25, -0.2) is 0 Å². The summed E-state index contributed by atoms with van der Waals surface area (Å²) >= 11 is 0. The average molecular weight is 198 g/mol. The molecule has 1 fully saturated rings. The maximum Gasteiger partial charge on any atom is 0.0105 e. The lowest BCUT2D eigenvalue weighted by molar-refractivity contribution is 0.122. The third-order valence-electron chi connectivity index (χ3n) is 3.56. The van der Waals surface area contributed by atoms with Crippen molar-refractivity contribution in [1.29, 1.82) is 0 Å². The molecule has 0 amide bonds. The Morgan fingerprint density at radius 3 is 2.50 bits per heavy atom. The molecule has 0 aromatic carbocycles. The van der Waals surface area contributed by atoms with Gasteiger partial charge in [0.15, 0.2) is 0 Å². The highest BCUT2D eigenvalue weighted by molar-refractivity contribution is 4.79. The van der Waals surface area contributed by atoms with E-state index in [0.717, 1.165) is 12.0 Å². The summed E-state index contributed by atoms with van der Waals surface area (Å²) in [6, 6.07) is 0.834. The van der Waals surface area contributed by atoms with Crippen molar-refractivity contribution < 1.29 is 0 Å². The highest BCUT2D eigenvalue weighted by Gasteiger charge is 2.23. The van der Waals surface area contributed by atoms with Gasteiger partial charge < -0.3 is 9.80 Å². The Morgan fingerprint density at radius 2 is 2.00 bits per heavy atom. The lowest BCUT2D eigenvalue weighted by Gasteiger charge is -2.37. The van der Waals surface area contributed by atoms with Crippen molar-refractivity contribution in [3.8, 4) is 0 Å². The second-order valence-corrected chi connectivity index (χ2v) is 5.04. The molecule has 1 aliphatic heterocycles. The number of likely N-dealkylation sites (tertiary alicyclic amines) is 1. The van der Waals surface area contributed by atoms with Crippen molar-refractivity contribution in [2.45, 2.75) is 38.6 Å². The van der Waals surface area contributed by atoms with Crippen molar-refractivity contribution in [1.82, 2.24) is 9.80 Å². The largest absolute Gasteiger partial charge is 0.309 e. The number of nitrogens with zero attached hydrogens (tertiary/aromatic N) is 2. The first-order valence-corrected chi connectivity index (χ1v) is 5.98. The van der Waals surface area contributed by atoms with Crippen LogP contribution < -0.4 is 0 Å². The minimum Gasteiger partial charge on any atom is -0.309 e. The molecule has 1 saturated heterocycles. The molecule has 0 saturated carbocycles. The van der Waals surface area contributed by atoms with E-state index in [4.69, 9.17) is 0 Å². The van der Waals surface area contributed by atoms with Gasteiger partial charge in [-0.3, -0.25) is 0 Å². The maximum atomic E-state index is 2.57. The monoisotopic (exact) mass is 198 g/mol. The van der Waals surface area contributed by atoms with Crippen LogP contribution in [0, 0.1) is 5.92 Å². The van der Waals surface area contributed by atoms with E-state index >= 15 is 0 Å². The smallest absolute Gasteiger partial charge is 0.0105 e. The van der Waals surface area contributed by atoms with Crippen LogP contribution in [0.1, 0.15) is 32.6 Å². The van der Waals surface area contributed by atoms with E-state index < -0.39 is 0 Å². The Morgan fingerprint density at radius 1 is 1.29 bits per heavy atom. The van der Waals surface area contributed by atoms with Crippen LogP contribution in [-0.2, 0) is 0 Å². The molecule has 0 radical (unpaired) electrons. The minimum absolute atomic E-state index is 0.834. The Balaban J connectivity index is 2.27. The molecule has 0 aromatic rings. The van der Waals surface area contributed by atoms with Crippen LogP contribution in [0.15, 0.2) is 0 Å². The molecule has 2 nitrogen and oxygen atoms in total. The van der Waals surface area contributed by atoms with Gasteiger partial charge in [-0.1, -0.05) is 13.3 Å². The standard InChI is InChI=1S/C12H26N2/c1-5-11-6-7-12(14(4)10-11)8-9-13(2)3/h11-12H,5-10H2,1-4H3. The molecule has 84 valence electrons. The molecular weight excluding hydrogens is 172 g/mol. The summed E-state index contributed by atoms with van der Waals surface area (Å²) < 4.78 is 0. The van der Waals surface area contributed by atoms with Crippen molar-refractivity contribution in [2.75, 3.05) is 34.2 Å². The molecule has 14 heavy (non-hydrogen) atoms. The summed E-state index contributed by atoms with van der Waals surface area (Å²) in [6.45, 7) is 4.86. The normalized spacial score (nSPS) is 29.8. The SMILES string of the molecule is CCC1CCC(CCN(C)C)N(C)C1. The van der Waals surface area contributed by atoms with Gasteiger partial charge in [0.05, 0.1) is 0 Å². The Hall–Kier alpha value is -0.0800. The van der Waals surface area contributed by atoms with Gasteiger partial charge in [0, 0.05) is 12.6 Å². The van der Waals surface area contributed by atoms with E-state index in [1.54, 1.807) is 0 Å². The molecule has 0 aliphatic carbocycles. The molecule has 0 N–H and O–H groups in total. The van der Waals surface area contributed by atoms with Gasteiger partial charge in [-0.15, -0.1) is 0 Å². The predicted molar refractivity (Wildman–Crippen MR) is 62.6 cm³/mol. The lowest BCUT2D eigenvalue weighted by atomic mass is 9.90. The molecule has 0 aromatic heterocycles. The highest BCUT2D eigenvalue weighted by Crippen LogP contribution is 2.24. The molecule has 2 unspecified atom stereocenters. The van der Waals surface area contributed by atoms with Crippen LogP contribution in [0.2, 0.25) is 0 Å². The van der Waals surface area contributed by atoms with E-state index in [9.17, 15) is 0 Å². The first kappa shape index (κ1) is 12.0. The molecule has 0 bridgehead atoms. The number of piperidine rings is 1. The van der Waals surface area contributed by atoms with Crippen LogP contribution >= 0.6 is 0 Å². The van der Waals surface area contributed by atoms with Gasteiger partial charge in [0.25, 0.3) is 0 Å². The zero-order chi connectivity index (χ0) is 10.6. The van der Waals surface area contributed by atoms with E-state index in [-0.39, 0.29) is 0 Å². The number of hydrogen-bond acceptors (Lipinski definition) is 2. The fraction of sp³-hybridized carbons (Fsp3) is 1.00. The summed E-state index contributed by atoms with van der Waals surface area (Å²) in [7, 11) is 6.62. The third-order valence-corrected chi connectivity index (χ3v) is 3.56. The second kappa shape index (κ2) is 5.72. The Bertz CT molecular complexity index is 156. The summed E-state index contributed by atoms with van der Waals surface area (Å²) in [5.74, 6) is 0.954. The molecule has 1 heterocycles. The van der Waals surface area contributed by atoms with Gasteiger partial charge in [0.2, 0.25) is 0 Å². The van der Waals surface area contributed by atoms with Crippen molar-refractivity contribution in [2.24, 2.45) is 5.92 Å². The van der Waals surface area contributed by atoms with Crippen LogP contribution in [0.5, 0.6) is 0 Å². The summed E-state index contributed by atoms with van der Waals surface area (Å²) in [5.41, 5.74) is 0. The van der Waals surface area contributed by atoms with Crippen molar-refractivity contribution in [3.05, 3.63) is 0 Å². The van der Waals surface area contributed by atoms with E-state index in [1.165, 1.54) is 38.8 Å². The lowest BCUT2D eigenvalue weighted by Crippen LogP contribution is -2.41. The zero-order valence-corrected chi connectivity index (χ0v) is 10.3. The fourth-order valence-electron chi connectivity index (χ4n) is 2.40. The topological polar surface area (TPSA) is 6.48 Å². The van der Waals surface area contributed by atoms with Gasteiger partial charge >= 0.3 is 0 Å². The second-order valence-electron chi connectivity index (χ2n) is 5.04. The zero-order valence-electron chi connectivity index (χ0n) is 10.3. The summed E-state index contributed by atoms with van der Waals surface area (Å²) in [6.07, 6.45) is 5.53. The van der Waals surface area contributed by atoms with E-state index in [2.05, 4.69) is 37.9 Å². The first-order valence-electron chi connectivity index (χ1n) is 5.98. The van der Waals surface area contributed by atoms with Crippen LogP contribution in [0.25, 0.3) is 0 Å². The van der Waals surface area contributed by atoms with Gasteiger partial charge in [-0.05, 0) is 52.9 Å². The highest BCUT2D eigenvalue weighted by atomic mass is 15.1. The molecule has 0 spiro atoms. The van der Waals surface area contributed by atoms with E-state index in [1.807, 2.05) is 0 Å². The molecule has 1 rings (SSSR count). The Labute approximate surface area is 89.3 Å². The quantitative estimate of drug-likeness (QED) is 0.682. The molecule has 1 aliphatic rings. The average Bonchev–Trinajstić information content (AvgIpc) is 2.15. The number of rotatable bonds is 4.